The number of likely N-dealkylation sites (tertiary alicyclic amines) is 1. The molecule has 1 saturated heterocycles. The van der Waals surface area contributed by atoms with Crippen molar-refractivity contribution in [3.05, 3.63) is 0 Å². The Hall–Kier alpha value is -0.220. The second kappa shape index (κ2) is 4.33. The zero-order valence-corrected chi connectivity index (χ0v) is 8.10. The van der Waals surface area contributed by atoms with Gasteiger partial charge in [-0.2, -0.15) is 0 Å². The van der Waals surface area contributed by atoms with Gasteiger partial charge in [0.1, 0.15) is 0 Å². The Morgan fingerprint density at radius 2 is 2.23 bits per heavy atom. The van der Waals surface area contributed by atoms with Crippen LogP contribution in [0.25, 0.3) is 0 Å². The van der Waals surface area contributed by atoms with E-state index >= 15 is 0 Å². The summed E-state index contributed by atoms with van der Waals surface area (Å²) in [5.41, 5.74) is 5.56. The van der Waals surface area contributed by atoms with Gasteiger partial charge in [0.25, 0.3) is 5.92 Å². The molecule has 0 aromatic carbocycles. The first kappa shape index (κ1) is 10.9. The molecule has 1 fully saturated rings. The molecular weight excluding hydrogens is 174 g/mol. The molecule has 1 unspecified atom stereocenters. The molecule has 13 heavy (non-hydrogen) atoms. The van der Waals surface area contributed by atoms with E-state index in [1.807, 2.05) is 11.8 Å². The Labute approximate surface area is 78.1 Å². The molecule has 1 aliphatic rings. The van der Waals surface area contributed by atoms with Crippen LogP contribution in [0.4, 0.5) is 8.78 Å². The molecule has 0 bridgehead atoms. The third-order valence-electron chi connectivity index (χ3n) is 2.38. The lowest BCUT2D eigenvalue weighted by atomic mass is 10.2. The van der Waals surface area contributed by atoms with E-state index < -0.39 is 5.92 Å². The molecule has 0 aliphatic carbocycles. The van der Waals surface area contributed by atoms with Crippen LogP contribution in [-0.2, 0) is 0 Å². The van der Waals surface area contributed by atoms with Crippen molar-refractivity contribution in [2.24, 2.45) is 5.73 Å². The lowest BCUT2D eigenvalue weighted by Gasteiger charge is -2.15. The van der Waals surface area contributed by atoms with Crippen LogP contribution in [0.2, 0.25) is 0 Å². The molecule has 0 amide bonds. The quantitative estimate of drug-likeness (QED) is 0.730. The van der Waals surface area contributed by atoms with Crippen molar-refractivity contribution < 1.29 is 8.78 Å². The van der Waals surface area contributed by atoms with E-state index in [1.54, 1.807) is 0 Å². The van der Waals surface area contributed by atoms with Crippen LogP contribution in [0.1, 0.15) is 26.2 Å². The molecule has 2 nitrogen and oxygen atoms in total. The monoisotopic (exact) mass is 192 g/mol. The van der Waals surface area contributed by atoms with Gasteiger partial charge in [-0.1, -0.05) is 0 Å². The van der Waals surface area contributed by atoms with Gasteiger partial charge >= 0.3 is 0 Å². The first-order valence-corrected chi connectivity index (χ1v) is 4.85. The third-order valence-corrected chi connectivity index (χ3v) is 2.38. The van der Waals surface area contributed by atoms with Crippen molar-refractivity contribution in [2.75, 3.05) is 19.6 Å². The summed E-state index contributed by atoms with van der Waals surface area (Å²) in [5, 5.41) is 0. The molecular formula is C9H18F2N2. The largest absolute Gasteiger partial charge is 0.328 e. The van der Waals surface area contributed by atoms with Gasteiger partial charge in [-0.3, -0.25) is 4.90 Å². The number of halogens is 2. The van der Waals surface area contributed by atoms with Gasteiger partial charge in [-0.05, 0) is 26.3 Å². The van der Waals surface area contributed by atoms with Gasteiger partial charge in [0.15, 0.2) is 0 Å². The molecule has 0 radical (unpaired) electrons. The van der Waals surface area contributed by atoms with Crippen LogP contribution in [0.3, 0.4) is 0 Å². The van der Waals surface area contributed by atoms with Gasteiger partial charge in [0.2, 0.25) is 0 Å². The van der Waals surface area contributed by atoms with E-state index in [0.29, 0.717) is 6.54 Å². The second-order valence-corrected chi connectivity index (χ2v) is 4.00. The van der Waals surface area contributed by atoms with Gasteiger partial charge in [-0.25, -0.2) is 8.78 Å². The normalized spacial score (nSPS) is 24.9. The summed E-state index contributed by atoms with van der Waals surface area (Å²) < 4.78 is 25.4. The van der Waals surface area contributed by atoms with Gasteiger partial charge in [0, 0.05) is 19.0 Å². The van der Waals surface area contributed by atoms with Crippen molar-refractivity contribution in [2.45, 2.75) is 38.2 Å². The second-order valence-electron chi connectivity index (χ2n) is 4.00. The zero-order valence-electron chi connectivity index (χ0n) is 8.10. The van der Waals surface area contributed by atoms with Crippen molar-refractivity contribution in [1.29, 1.82) is 0 Å². The average molecular weight is 192 g/mol. The molecule has 2 N–H and O–H groups in total. The lowest BCUT2D eigenvalue weighted by Crippen LogP contribution is -2.27. The highest BCUT2D eigenvalue weighted by atomic mass is 19.3. The Kier molecular flexibility index (Phi) is 3.62. The summed E-state index contributed by atoms with van der Waals surface area (Å²) in [5.74, 6) is -2.45. The van der Waals surface area contributed by atoms with Crippen LogP contribution < -0.4 is 5.73 Å². The first-order chi connectivity index (χ1) is 5.99. The number of hydrogen-bond acceptors (Lipinski definition) is 2. The molecule has 1 atom stereocenters. The molecule has 1 aliphatic heterocycles. The van der Waals surface area contributed by atoms with Crippen molar-refractivity contribution >= 4 is 0 Å². The number of nitrogens with two attached hydrogens (primary N) is 1. The maximum Gasteiger partial charge on any atom is 0.261 e. The summed E-state index contributed by atoms with van der Waals surface area (Å²) in [6.45, 7) is 3.17. The van der Waals surface area contributed by atoms with Crippen LogP contribution >= 0.6 is 0 Å². The molecule has 0 aromatic rings. The summed E-state index contributed by atoms with van der Waals surface area (Å²) in [7, 11) is 0. The fourth-order valence-corrected chi connectivity index (χ4v) is 1.63. The first-order valence-electron chi connectivity index (χ1n) is 4.85. The third kappa shape index (κ3) is 4.00. The maximum absolute atomic E-state index is 12.7. The molecule has 4 heteroatoms. The zero-order chi connectivity index (χ0) is 9.90. The number of hydrogen-bond donors (Lipinski definition) is 1. The lowest BCUT2D eigenvalue weighted by molar-refractivity contribution is 0.0121. The highest BCUT2D eigenvalue weighted by Crippen LogP contribution is 2.26. The summed E-state index contributed by atoms with van der Waals surface area (Å²) in [6.07, 6.45) is 1.86. The van der Waals surface area contributed by atoms with E-state index in [1.165, 1.54) is 0 Å². The van der Waals surface area contributed by atoms with Crippen LogP contribution in [0, 0.1) is 0 Å². The topological polar surface area (TPSA) is 29.3 Å². The molecule has 0 saturated carbocycles. The van der Waals surface area contributed by atoms with E-state index in [-0.39, 0.29) is 19.0 Å². The highest BCUT2D eigenvalue weighted by molar-refractivity contribution is 4.81. The Balaban J connectivity index is 2.11. The SMILES string of the molecule is CC(N)CCCN1CCC(F)(F)C1. The van der Waals surface area contributed by atoms with E-state index in [9.17, 15) is 8.78 Å². The molecule has 78 valence electrons. The minimum Gasteiger partial charge on any atom is -0.328 e. The van der Waals surface area contributed by atoms with Crippen molar-refractivity contribution in [3.8, 4) is 0 Å². The van der Waals surface area contributed by atoms with Crippen molar-refractivity contribution in [3.63, 3.8) is 0 Å². The van der Waals surface area contributed by atoms with Gasteiger partial charge < -0.3 is 5.73 Å². The summed E-state index contributed by atoms with van der Waals surface area (Å²) in [6, 6.07) is 0.183. The summed E-state index contributed by atoms with van der Waals surface area (Å²) >= 11 is 0. The Morgan fingerprint density at radius 1 is 1.54 bits per heavy atom. The van der Waals surface area contributed by atoms with Crippen LogP contribution in [0.5, 0.6) is 0 Å². The number of nitrogens with zero attached hydrogens (tertiary/aromatic N) is 1. The van der Waals surface area contributed by atoms with Crippen LogP contribution in [0.15, 0.2) is 0 Å². The van der Waals surface area contributed by atoms with E-state index in [4.69, 9.17) is 5.73 Å². The minimum atomic E-state index is -2.45. The van der Waals surface area contributed by atoms with Gasteiger partial charge in [0.05, 0.1) is 6.54 Å². The predicted octanol–water partition coefficient (Wildman–Crippen LogP) is 1.45. The molecule has 1 heterocycles. The fourth-order valence-electron chi connectivity index (χ4n) is 1.63. The average Bonchev–Trinajstić information content (AvgIpc) is 2.29. The molecule has 0 spiro atoms. The smallest absolute Gasteiger partial charge is 0.261 e. The van der Waals surface area contributed by atoms with Crippen LogP contribution in [-0.4, -0.2) is 36.5 Å². The Morgan fingerprint density at radius 3 is 2.69 bits per heavy atom. The summed E-state index contributed by atoms with van der Waals surface area (Å²) in [4.78, 5) is 1.82. The fraction of sp³-hybridized carbons (Fsp3) is 1.00. The highest BCUT2D eigenvalue weighted by Gasteiger charge is 2.37. The maximum atomic E-state index is 12.7. The predicted molar refractivity (Wildman–Crippen MR) is 48.9 cm³/mol. The number of rotatable bonds is 4. The molecule has 1 rings (SSSR count). The minimum absolute atomic E-state index is 0.0190. The van der Waals surface area contributed by atoms with E-state index in [2.05, 4.69) is 0 Å². The number of alkyl halides is 2. The van der Waals surface area contributed by atoms with Gasteiger partial charge in [-0.15, -0.1) is 0 Å². The van der Waals surface area contributed by atoms with Crippen molar-refractivity contribution in [1.82, 2.24) is 4.90 Å². The molecule has 0 aromatic heterocycles. The van der Waals surface area contributed by atoms with E-state index in [0.717, 1.165) is 19.4 Å². The standard InChI is InChI=1S/C9H18F2N2/c1-8(12)3-2-5-13-6-4-9(10,11)7-13/h8H,2-7,12H2,1H3. The Bertz CT molecular complexity index is 160.